The van der Waals surface area contributed by atoms with E-state index < -0.39 is 12.1 Å². The molecular weight excluding hydrogens is 416 g/mol. The highest BCUT2D eigenvalue weighted by Crippen LogP contribution is 2.34. The Morgan fingerprint density at radius 1 is 1.22 bits per heavy atom. The molecule has 0 bridgehead atoms. The summed E-state index contributed by atoms with van der Waals surface area (Å²) in [4.78, 5) is 23.9. The second-order valence-electron chi connectivity index (χ2n) is 7.72. The van der Waals surface area contributed by atoms with Gasteiger partial charge in [-0.1, -0.05) is 30.8 Å². The fourth-order valence-electron chi connectivity index (χ4n) is 4.07. The number of nitrogens with two attached hydrogens (primary N) is 2. The van der Waals surface area contributed by atoms with Gasteiger partial charge >= 0.3 is 0 Å². The lowest BCUT2D eigenvalue weighted by atomic mass is 9.81. The fourth-order valence-corrected chi connectivity index (χ4v) is 4.07. The van der Waals surface area contributed by atoms with Crippen LogP contribution >= 0.6 is 0 Å². The van der Waals surface area contributed by atoms with Gasteiger partial charge in [0.1, 0.15) is 17.6 Å². The lowest BCUT2D eigenvalue weighted by molar-refractivity contribution is -0.125. The first-order valence-corrected chi connectivity index (χ1v) is 10.4. The van der Waals surface area contributed by atoms with Crippen LogP contribution in [0.15, 0.2) is 36.9 Å². The largest absolute Gasteiger partial charge is 0.383 e. The van der Waals surface area contributed by atoms with Gasteiger partial charge in [-0.05, 0) is 42.9 Å². The first-order chi connectivity index (χ1) is 15.3. The summed E-state index contributed by atoms with van der Waals surface area (Å²) < 4.78 is 23.5. The summed E-state index contributed by atoms with van der Waals surface area (Å²) in [5, 5.41) is 4.42. The number of halogens is 2. The van der Waals surface area contributed by atoms with Crippen molar-refractivity contribution in [1.29, 1.82) is 0 Å². The Morgan fingerprint density at radius 2 is 1.88 bits per heavy atom. The highest BCUT2D eigenvalue weighted by atomic mass is 19.1. The number of nitrogens with zero attached hydrogens (tertiary/aromatic N) is 3. The third kappa shape index (κ3) is 5.72. The molecule has 1 aromatic heterocycles. The number of rotatable bonds is 3. The Bertz CT molecular complexity index is 960. The van der Waals surface area contributed by atoms with Gasteiger partial charge in [0.2, 0.25) is 5.91 Å². The molecule has 1 saturated heterocycles. The number of hydrogen-bond donors (Lipinski definition) is 2. The van der Waals surface area contributed by atoms with E-state index in [0.29, 0.717) is 31.5 Å². The average Bonchev–Trinajstić information content (AvgIpc) is 3.37. The number of amides is 2. The molecule has 9 heteroatoms. The monoisotopic (exact) mass is 447 g/mol. The number of aryl methyl sites for hydroxylation is 2. The summed E-state index contributed by atoms with van der Waals surface area (Å²) in [5.41, 5.74) is 15.2. The third-order valence-electron chi connectivity index (χ3n) is 5.72. The molecular formula is C23H31F2N5O2. The topological polar surface area (TPSA) is 107 Å². The molecule has 0 saturated carbocycles. The molecule has 2 atom stereocenters. The maximum absolute atomic E-state index is 12.4. The SMILES string of the molecule is C=CC(=O)N1CCC(F)C1.CF.Cn1nc(C2CCc3ccccc3C2)c(C(N)=O)c1N. The van der Waals surface area contributed by atoms with E-state index in [1.54, 1.807) is 7.05 Å². The number of aromatic nitrogens is 2. The van der Waals surface area contributed by atoms with Crippen molar-refractivity contribution in [3.05, 3.63) is 59.3 Å². The number of alkyl halides is 2. The number of nitrogen functional groups attached to an aromatic ring is 1. The van der Waals surface area contributed by atoms with Gasteiger partial charge in [0.05, 0.1) is 19.4 Å². The predicted molar refractivity (Wildman–Crippen MR) is 121 cm³/mol. The van der Waals surface area contributed by atoms with Gasteiger partial charge in [0.15, 0.2) is 0 Å². The van der Waals surface area contributed by atoms with Crippen molar-refractivity contribution in [2.75, 3.05) is 26.0 Å². The van der Waals surface area contributed by atoms with E-state index in [1.807, 2.05) is 6.07 Å². The molecule has 2 aromatic rings. The van der Waals surface area contributed by atoms with E-state index in [2.05, 4.69) is 29.9 Å². The molecule has 4 rings (SSSR count). The number of benzene rings is 1. The summed E-state index contributed by atoms with van der Waals surface area (Å²) in [6.07, 6.45) is 3.71. The Labute approximate surface area is 187 Å². The quantitative estimate of drug-likeness (QED) is 0.706. The molecule has 1 aliphatic carbocycles. The maximum atomic E-state index is 12.4. The van der Waals surface area contributed by atoms with E-state index >= 15 is 0 Å². The van der Waals surface area contributed by atoms with Crippen LogP contribution in [0.5, 0.6) is 0 Å². The molecule has 32 heavy (non-hydrogen) atoms. The smallest absolute Gasteiger partial charge is 0.254 e. The van der Waals surface area contributed by atoms with E-state index in [1.165, 1.54) is 26.8 Å². The summed E-state index contributed by atoms with van der Waals surface area (Å²) in [7, 11) is 2.24. The number of likely N-dealkylation sites (tertiary alicyclic amines) is 1. The fraction of sp³-hybridized carbons (Fsp3) is 0.435. The van der Waals surface area contributed by atoms with Crippen LogP contribution in [0, 0.1) is 0 Å². The van der Waals surface area contributed by atoms with Gasteiger partial charge in [-0.2, -0.15) is 5.10 Å². The second kappa shape index (κ2) is 11.4. The molecule has 7 nitrogen and oxygen atoms in total. The van der Waals surface area contributed by atoms with Gasteiger partial charge in [0.25, 0.3) is 5.91 Å². The van der Waals surface area contributed by atoms with Gasteiger partial charge in [-0.3, -0.25) is 18.7 Å². The van der Waals surface area contributed by atoms with Crippen LogP contribution in [-0.4, -0.2) is 52.9 Å². The summed E-state index contributed by atoms with van der Waals surface area (Å²) in [5.74, 6) is -0.105. The minimum absolute atomic E-state index is 0.167. The van der Waals surface area contributed by atoms with Gasteiger partial charge in [-0.15, -0.1) is 0 Å². The van der Waals surface area contributed by atoms with Crippen LogP contribution in [-0.2, 0) is 24.7 Å². The lowest BCUT2D eigenvalue weighted by Crippen LogP contribution is -2.26. The molecule has 2 heterocycles. The van der Waals surface area contributed by atoms with Gasteiger partial charge < -0.3 is 16.4 Å². The Morgan fingerprint density at radius 3 is 2.44 bits per heavy atom. The standard InChI is InChI=1S/C15H18N4O.C7H10FNO.CH3F/c1-19-14(16)12(15(17)20)13(18-19)11-7-6-9-4-2-3-5-10(9)8-11;1-2-7(10)9-4-3-6(8)5-9;1-2/h2-5,11H,6-8,16H2,1H3,(H2,17,20);2,6H,1,3-5H2;1H3. The Hall–Kier alpha value is -3.23. The highest BCUT2D eigenvalue weighted by molar-refractivity contribution is 5.98. The van der Waals surface area contributed by atoms with Crippen molar-refractivity contribution in [2.45, 2.75) is 37.8 Å². The molecule has 0 spiro atoms. The van der Waals surface area contributed by atoms with Crippen molar-refractivity contribution in [1.82, 2.24) is 14.7 Å². The molecule has 2 unspecified atom stereocenters. The number of fused-ring (bicyclic) bond motifs is 1. The first kappa shape index (κ1) is 25.0. The molecule has 1 aliphatic heterocycles. The number of hydrogen-bond acceptors (Lipinski definition) is 4. The van der Waals surface area contributed by atoms with Crippen LogP contribution < -0.4 is 11.5 Å². The summed E-state index contributed by atoms with van der Waals surface area (Å²) in [6.45, 7) is 4.09. The predicted octanol–water partition coefficient (Wildman–Crippen LogP) is 2.70. The second-order valence-corrected chi connectivity index (χ2v) is 7.72. The van der Waals surface area contributed by atoms with Crippen LogP contribution in [0.3, 0.4) is 0 Å². The molecule has 1 fully saturated rings. The molecule has 1 aromatic carbocycles. The molecule has 0 radical (unpaired) electrons. The average molecular weight is 448 g/mol. The van der Waals surface area contributed by atoms with Crippen LogP contribution in [0.25, 0.3) is 0 Å². The van der Waals surface area contributed by atoms with Gasteiger partial charge in [-0.25, -0.2) is 4.39 Å². The van der Waals surface area contributed by atoms with E-state index in [9.17, 15) is 18.4 Å². The van der Waals surface area contributed by atoms with Gasteiger partial charge in [0, 0.05) is 19.5 Å². The summed E-state index contributed by atoms with van der Waals surface area (Å²) in [6, 6.07) is 8.40. The molecule has 2 aliphatic rings. The molecule has 4 N–H and O–H groups in total. The van der Waals surface area contributed by atoms with Crippen molar-refractivity contribution in [3.8, 4) is 0 Å². The Balaban J connectivity index is 0.000000255. The zero-order chi connectivity index (χ0) is 23.8. The van der Waals surface area contributed by atoms with Crippen LogP contribution in [0.4, 0.5) is 14.6 Å². The van der Waals surface area contributed by atoms with E-state index in [4.69, 9.17) is 11.5 Å². The Kier molecular flexibility index (Phi) is 8.92. The van der Waals surface area contributed by atoms with Crippen molar-refractivity contribution >= 4 is 17.6 Å². The number of anilines is 1. The van der Waals surface area contributed by atoms with Crippen molar-refractivity contribution in [3.63, 3.8) is 0 Å². The zero-order valence-corrected chi connectivity index (χ0v) is 18.6. The van der Waals surface area contributed by atoms with Crippen molar-refractivity contribution < 1.29 is 18.4 Å². The number of carbonyl (C=O) groups is 2. The number of carbonyl (C=O) groups excluding carboxylic acids is 2. The third-order valence-corrected chi connectivity index (χ3v) is 5.72. The van der Waals surface area contributed by atoms with Crippen LogP contribution in [0.1, 0.15) is 45.9 Å². The highest BCUT2D eigenvalue weighted by Gasteiger charge is 2.28. The zero-order valence-electron chi connectivity index (χ0n) is 18.6. The number of primary amides is 1. The molecule has 2 amide bonds. The normalized spacial score (nSPS) is 19.1. The summed E-state index contributed by atoms with van der Waals surface area (Å²) >= 11 is 0. The molecule has 174 valence electrons. The van der Waals surface area contributed by atoms with E-state index in [0.717, 1.165) is 25.0 Å². The van der Waals surface area contributed by atoms with Crippen LogP contribution in [0.2, 0.25) is 0 Å². The maximum Gasteiger partial charge on any atom is 0.254 e. The first-order valence-electron chi connectivity index (χ1n) is 10.4. The van der Waals surface area contributed by atoms with Crippen molar-refractivity contribution in [2.24, 2.45) is 12.8 Å². The lowest BCUT2D eigenvalue weighted by Gasteiger charge is -2.23. The minimum Gasteiger partial charge on any atom is -0.383 e. The minimum atomic E-state index is -0.830. The van der Waals surface area contributed by atoms with E-state index in [-0.39, 0.29) is 18.4 Å².